The molecular formula is C16H25ClN4O. The number of carbonyl (C=O) groups is 1. The lowest BCUT2D eigenvalue weighted by Crippen LogP contribution is -2.50. The van der Waals surface area contributed by atoms with Crippen molar-refractivity contribution in [3.05, 3.63) is 28.8 Å². The maximum atomic E-state index is 12.0. The minimum absolute atomic E-state index is 0.101. The summed E-state index contributed by atoms with van der Waals surface area (Å²) >= 11 is 6.06. The van der Waals surface area contributed by atoms with Crippen LogP contribution >= 0.6 is 11.6 Å². The first kappa shape index (κ1) is 17.1. The van der Waals surface area contributed by atoms with E-state index in [1.54, 1.807) is 6.07 Å². The van der Waals surface area contributed by atoms with Gasteiger partial charge in [0.1, 0.15) is 0 Å². The van der Waals surface area contributed by atoms with Crippen LogP contribution in [0.1, 0.15) is 12.5 Å². The van der Waals surface area contributed by atoms with E-state index in [-0.39, 0.29) is 12.1 Å². The fourth-order valence-corrected chi connectivity index (χ4v) is 2.71. The Morgan fingerprint density at radius 2 is 2.00 bits per heavy atom. The maximum Gasteiger partial charge on any atom is 0.319 e. The molecule has 1 heterocycles. The molecule has 0 aromatic heterocycles. The van der Waals surface area contributed by atoms with E-state index in [0.717, 1.165) is 38.3 Å². The van der Waals surface area contributed by atoms with E-state index < -0.39 is 0 Å². The molecule has 0 spiro atoms. The van der Waals surface area contributed by atoms with Gasteiger partial charge >= 0.3 is 6.03 Å². The molecule has 0 saturated carbocycles. The molecule has 0 radical (unpaired) electrons. The molecule has 22 heavy (non-hydrogen) atoms. The molecule has 6 heteroatoms. The van der Waals surface area contributed by atoms with Crippen molar-refractivity contribution in [3.63, 3.8) is 0 Å². The zero-order valence-corrected chi connectivity index (χ0v) is 14.3. The van der Waals surface area contributed by atoms with Crippen molar-refractivity contribution in [3.8, 4) is 0 Å². The molecule has 2 amide bonds. The average Bonchev–Trinajstić information content (AvgIpc) is 2.45. The number of aryl methyl sites for hydroxylation is 1. The van der Waals surface area contributed by atoms with Gasteiger partial charge in [0.05, 0.1) is 0 Å². The summed E-state index contributed by atoms with van der Waals surface area (Å²) in [5, 5.41) is 6.45. The van der Waals surface area contributed by atoms with Crippen LogP contribution in [-0.2, 0) is 0 Å². The Bertz CT molecular complexity index is 515. The van der Waals surface area contributed by atoms with E-state index in [0.29, 0.717) is 10.7 Å². The van der Waals surface area contributed by atoms with Crippen molar-refractivity contribution in [2.24, 2.45) is 0 Å². The predicted molar refractivity (Wildman–Crippen MR) is 91.7 cm³/mol. The van der Waals surface area contributed by atoms with Gasteiger partial charge < -0.3 is 15.5 Å². The monoisotopic (exact) mass is 324 g/mol. The number of anilines is 1. The quantitative estimate of drug-likeness (QED) is 0.894. The minimum Gasteiger partial charge on any atom is -0.334 e. The van der Waals surface area contributed by atoms with E-state index in [1.807, 2.05) is 26.0 Å². The van der Waals surface area contributed by atoms with E-state index in [2.05, 4.69) is 27.5 Å². The van der Waals surface area contributed by atoms with Gasteiger partial charge in [0.15, 0.2) is 0 Å². The molecule has 1 atom stereocenters. The Balaban J connectivity index is 1.77. The van der Waals surface area contributed by atoms with Crippen molar-refractivity contribution in [2.45, 2.75) is 19.9 Å². The first-order valence-electron chi connectivity index (χ1n) is 7.68. The fraction of sp³-hybridized carbons (Fsp3) is 0.562. The summed E-state index contributed by atoms with van der Waals surface area (Å²) in [5.74, 6) is 0. The number of nitrogens with zero attached hydrogens (tertiary/aromatic N) is 2. The van der Waals surface area contributed by atoms with E-state index >= 15 is 0 Å². The molecule has 0 bridgehead atoms. The molecule has 1 fully saturated rings. The zero-order valence-electron chi connectivity index (χ0n) is 13.5. The van der Waals surface area contributed by atoms with Crippen LogP contribution in [0.15, 0.2) is 18.2 Å². The topological polar surface area (TPSA) is 47.6 Å². The Morgan fingerprint density at radius 3 is 2.64 bits per heavy atom. The number of carbonyl (C=O) groups excluding carboxylic acids is 1. The van der Waals surface area contributed by atoms with Crippen molar-refractivity contribution < 1.29 is 4.79 Å². The Labute approximate surface area is 137 Å². The van der Waals surface area contributed by atoms with Gasteiger partial charge in [0, 0.05) is 49.5 Å². The molecule has 5 nitrogen and oxygen atoms in total. The molecule has 2 N–H and O–H groups in total. The van der Waals surface area contributed by atoms with Gasteiger partial charge in [0.25, 0.3) is 0 Å². The highest BCUT2D eigenvalue weighted by Gasteiger charge is 2.17. The lowest BCUT2D eigenvalue weighted by atomic mass is 10.2. The van der Waals surface area contributed by atoms with Crippen molar-refractivity contribution in [1.82, 2.24) is 15.1 Å². The lowest BCUT2D eigenvalue weighted by Gasteiger charge is -2.34. The number of halogens is 1. The van der Waals surface area contributed by atoms with E-state index in [9.17, 15) is 4.79 Å². The summed E-state index contributed by atoms with van der Waals surface area (Å²) < 4.78 is 0. The van der Waals surface area contributed by atoms with E-state index in [1.165, 1.54) is 0 Å². The number of amides is 2. The molecule has 1 aliphatic rings. The number of hydrogen-bond donors (Lipinski definition) is 2. The van der Waals surface area contributed by atoms with Crippen LogP contribution in [0.4, 0.5) is 10.5 Å². The van der Waals surface area contributed by atoms with Crippen LogP contribution in [-0.4, -0.2) is 61.6 Å². The largest absolute Gasteiger partial charge is 0.334 e. The van der Waals surface area contributed by atoms with Crippen LogP contribution in [0, 0.1) is 6.92 Å². The number of hydrogen-bond acceptors (Lipinski definition) is 3. The molecule has 0 aliphatic carbocycles. The van der Waals surface area contributed by atoms with Gasteiger partial charge in [-0.05, 0) is 38.6 Å². The summed E-state index contributed by atoms with van der Waals surface area (Å²) in [4.78, 5) is 16.7. The number of likely N-dealkylation sites (N-methyl/N-ethyl adjacent to an activating group) is 1. The fourth-order valence-electron chi connectivity index (χ4n) is 2.52. The number of piperazine rings is 1. The molecule has 1 aliphatic heterocycles. The second-order valence-corrected chi connectivity index (χ2v) is 6.47. The molecular weight excluding hydrogens is 300 g/mol. The zero-order chi connectivity index (χ0) is 16.1. The van der Waals surface area contributed by atoms with Gasteiger partial charge in [-0.25, -0.2) is 4.79 Å². The Morgan fingerprint density at radius 1 is 1.32 bits per heavy atom. The smallest absolute Gasteiger partial charge is 0.319 e. The summed E-state index contributed by atoms with van der Waals surface area (Å²) in [5.41, 5.74) is 1.70. The Hall–Kier alpha value is -1.30. The maximum absolute atomic E-state index is 12.0. The second kappa shape index (κ2) is 7.81. The van der Waals surface area contributed by atoms with Gasteiger partial charge in [-0.15, -0.1) is 0 Å². The third-order valence-corrected chi connectivity index (χ3v) is 4.34. The first-order valence-corrected chi connectivity index (χ1v) is 8.06. The highest BCUT2D eigenvalue weighted by molar-refractivity contribution is 6.31. The molecule has 2 rings (SSSR count). The number of urea groups is 1. The van der Waals surface area contributed by atoms with Gasteiger partial charge in [-0.3, -0.25) is 4.90 Å². The van der Waals surface area contributed by atoms with Crippen molar-refractivity contribution >= 4 is 23.3 Å². The van der Waals surface area contributed by atoms with E-state index in [4.69, 9.17) is 11.6 Å². The van der Waals surface area contributed by atoms with Crippen molar-refractivity contribution in [2.75, 3.05) is 45.1 Å². The van der Waals surface area contributed by atoms with Crippen LogP contribution in [0.25, 0.3) is 0 Å². The summed E-state index contributed by atoms with van der Waals surface area (Å²) in [6.07, 6.45) is 0. The third kappa shape index (κ3) is 5.16. The van der Waals surface area contributed by atoms with Crippen molar-refractivity contribution in [1.29, 1.82) is 0 Å². The minimum atomic E-state index is -0.193. The van der Waals surface area contributed by atoms with Crippen LogP contribution in [0.2, 0.25) is 5.02 Å². The van der Waals surface area contributed by atoms with Crippen LogP contribution < -0.4 is 10.6 Å². The predicted octanol–water partition coefficient (Wildman–Crippen LogP) is 2.41. The van der Waals surface area contributed by atoms with Gasteiger partial charge in [-0.2, -0.15) is 0 Å². The van der Waals surface area contributed by atoms with Gasteiger partial charge in [-0.1, -0.05) is 17.7 Å². The number of benzene rings is 1. The van der Waals surface area contributed by atoms with Crippen LogP contribution in [0.5, 0.6) is 0 Å². The van der Waals surface area contributed by atoms with Gasteiger partial charge in [0.2, 0.25) is 0 Å². The molecule has 1 aromatic rings. The lowest BCUT2D eigenvalue weighted by molar-refractivity contribution is 0.145. The molecule has 1 saturated heterocycles. The second-order valence-electron chi connectivity index (χ2n) is 6.07. The highest BCUT2D eigenvalue weighted by Crippen LogP contribution is 2.19. The number of nitrogens with one attached hydrogen (secondary N) is 2. The third-order valence-electron chi connectivity index (χ3n) is 3.94. The summed E-state index contributed by atoms with van der Waals surface area (Å²) in [6.45, 7) is 9.11. The van der Waals surface area contributed by atoms with Crippen LogP contribution in [0.3, 0.4) is 0 Å². The molecule has 122 valence electrons. The number of rotatable bonds is 4. The first-order chi connectivity index (χ1) is 10.4. The summed E-state index contributed by atoms with van der Waals surface area (Å²) in [6, 6.07) is 5.42. The average molecular weight is 325 g/mol. The standard InChI is InChI=1S/C16H25ClN4O/c1-12-4-5-14(10-15(12)17)19-16(22)18-13(2)11-21-8-6-20(3)7-9-21/h4-5,10,13H,6-9,11H2,1-3H3,(H2,18,19,22)/t13-/m1/s1. The SMILES string of the molecule is Cc1ccc(NC(=O)N[C@H](C)CN2CCN(C)CC2)cc1Cl. The Kier molecular flexibility index (Phi) is 6.06. The molecule has 1 aromatic carbocycles. The normalized spacial score (nSPS) is 18.0. The highest BCUT2D eigenvalue weighted by atomic mass is 35.5. The summed E-state index contributed by atoms with van der Waals surface area (Å²) in [7, 11) is 2.14. The molecule has 0 unspecified atom stereocenters.